The average molecular weight is 347 g/mol. The summed E-state index contributed by atoms with van der Waals surface area (Å²) in [6.45, 7) is 8.19. The summed E-state index contributed by atoms with van der Waals surface area (Å²) in [5.41, 5.74) is 4.88. The minimum atomic E-state index is -0.411. The molecule has 0 spiro atoms. The number of amides is 1. The van der Waals surface area contributed by atoms with E-state index in [9.17, 15) is 10.1 Å². The number of para-hydroxylation sites is 2. The molecule has 4 heteroatoms. The number of carbonyl (C=O) groups excluding carboxylic acids is 1. The fourth-order valence-corrected chi connectivity index (χ4v) is 2.81. The van der Waals surface area contributed by atoms with Crippen molar-refractivity contribution in [3.63, 3.8) is 0 Å². The van der Waals surface area contributed by atoms with Crippen LogP contribution in [0.4, 0.5) is 11.4 Å². The lowest BCUT2D eigenvalue weighted by molar-refractivity contribution is -0.112. The topological polar surface area (TPSA) is 64.9 Å². The standard InChI is InChI=1S/C22H25N3O/c1-5-17-10-8-9-16(4)21(17)25-22(26)18(13-23)14-24-20-12-7-6-11-19(20)15(2)3/h6-12,14-15,24H,5H2,1-4H3,(H,25,26)/b18-14-. The van der Waals surface area contributed by atoms with Gasteiger partial charge in [0, 0.05) is 17.6 Å². The predicted molar refractivity (Wildman–Crippen MR) is 107 cm³/mol. The van der Waals surface area contributed by atoms with Crippen LogP contribution in [-0.4, -0.2) is 5.91 Å². The molecule has 26 heavy (non-hydrogen) atoms. The van der Waals surface area contributed by atoms with E-state index in [4.69, 9.17) is 0 Å². The lowest BCUT2D eigenvalue weighted by Gasteiger charge is -2.14. The lowest BCUT2D eigenvalue weighted by Crippen LogP contribution is -2.16. The molecule has 4 nitrogen and oxygen atoms in total. The van der Waals surface area contributed by atoms with E-state index in [1.807, 2.05) is 62.4 Å². The number of rotatable bonds is 6. The molecule has 0 aliphatic rings. The normalized spacial score (nSPS) is 11.2. The SMILES string of the molecule is CCc1cccc(C)c1NC(=O)/C(C#N)=C\Nc1ccccc1C(C)C. The largest absolute Gasteiger partial charge is 0.360 e. The van der Waals surface area contributed by atoms with E-state index in [1.165, 1.54) is 6.20 Å². The highest BCUT2D eigenvalue weighted by molar-refractivity contribution is 6.07. The van der Waals surface area contributed by atoms with Crippen molar-refractivity contribution >= 4 is 17.3 Å². The number of hydrogen-bond acceptors (Lipinski definition) is 3. The zero-order valence-corrected chi connectivity index (χ0v) is 15.8. The van der Waals surface area contributed by atoms with E-state index in [2.05, 4.69) is 24.5 Å². The Labute approximate surface area is 155 Å². The van der Waals surface area contributed by atoms with Crippen LogP contribution in [0.3, 0.4) is 0 Å². The maximum absolute atomic E-state index is 12.6. The molecule has 2 aromatic rings. The molecule has 0 aliphatic heterocycles. The molecule has 0 bridgehead atoms. The summed E-state index contributed by atoms with van der Waals surface area (Å²) in [5.74, 6) is -0.0726. The van der Waals surface area contributed by atoms with Crippen LogP contribution in [-0.2, 0) is 11.2 Å². The van der Waals surface area contributed by atoms with Gasteiger partial charge in [0.15, 0.2) is 0 Å². The van der Waals surface area contributed by atoms with Crippen molar-refractivity contribution in [3.8, 4) is 6.07 Å². The number of carbonyl (C=O) groups is 1. The first kappa shape index (κ1) is 19.3. The minimum absolute atomic E-state index is 0.0360. The maximum Gasteiger partial charge on any atom is 0.267 e. The summed E-state index contributed by atoms with van der Waals surface area (Å²) in [5, 5.41) is 15.4. The van der Waals surface area contributed by atoms with Crippen LogP contribution < -0.4 is 10.6 Å². The van der Waals surface area contributed by atoms with Crippen LogP contribution in [0, 0.1) is 18.3 Å². The van der Waals surface area contributed by atoms with Crippen molar-refractivity contribution in [2.24, 2.45) is 0 Å². The molecule has 0 unspecified atom stereocenters. The number of aryl methyl sites for hydroxylation is 2. The molecule has 2 aromatic carbocycles. The van der Waals surface area contributed by atoms with Crippen LogP contribution in [0.25, 0.3) is 0 Å². The zero-order valence-electron chi connectivity index (χ0n) is 15.8. The van der Waals surface area contributed by atoms with E-state index >= 15 is 0 Å². The Morgan fingerprint density at radius 2 is 1.92 bits per heavy atom. The molecule has 2 rings (SSSR count). The highest BCUT2D eigenvalue weighted by Crippen LogP contribution is 2.24. The highest BCUT2D eigenvalue weighted by Gasteiger charge is 2.13. The van der Waals surface area contributed by atoms with Gasteiger partial charge in [0.1, 0.15) is 11.6 Å². The van der Waals surface area contributed by atoms with Gasteiger partial charge in [-0.15, -0.1) is 0 Å². The number of nitrogens with zero attached hydrogens (tertiary/aromatic N) is 1. The van der Waals surface area contributed by atoms with Crippen LogP contribution >= 0.6 is 0 Å². The second-order valence-electron chi connectivity index (χ2n) is 6.47. The maximum atomic E-state index is 12.6. The second kappa shape index (κ2) is 8.87. The van der Waals surface area contributed by atoms with Crippen LogP contribution in [0.5, 0.6) is 0 Å². The van der Waals surface area contributed by atoms with Gasteiger partial charge in [-0.05, 0) is 42.0 Å². The Morgan fingerprint density at radius 1 is 1.19 bits per heavy atom. The van der Waals surface area contributed by atoms with Crippen molar-refractivity contribution < 1.29 is 4.79 Å². The summed E-state index contributed by atoms with van der Waals surface area (Å²) < 4.78 is 0. The van der Waals surface area contributed by atoms with Crippen LogP contribution in [0.1, 0.15) is 43.4 Å². The van der Waals surface area contributed by atoms with Gasteiger partial charge in [-0.1, -0.05) is 57.2 Å². The predicted octanol–water partition coefficient (Wildman–Crippen LogP) is 5.14. The molecule has 0 fully saturated rings. The lowest BCUT2D eigenvalue weighted by atomic mass is 10.0. The summed E-state index contributed by atoms with van der Waals surface area (Å²) in [6.07, 6.45) is 2.28. The van der Waals surface area contributed by atoms with E-state index in [1.54, 1.807) is 0 Å². The number of anilines is 2. The van der Waals surface area contributed by atoms with E-state index in [0.717, 1.165) is 34.5 Å². The molecule has 0 aromatic heterocycles. The number of hydrogen-bond donors (Lipinski definition) is 2. The van der Waals surface area contributed by atoms with Crippen LogP contribution in [0.2, 0.25) is 0 Å². The van der Waals surface area contributed by atoms with Gasteiger partial charge < -0.3 is 10.6 Å². The molecule has 134 valence electrons. The second-order valence-corrected chi connectivity index (χ2v) is 6.47. The first-order chi connectivity index (χ1) is 12.5. The molecule has 1 amide bonds. The Balaban J connectivity index is 2.23. The van der Waals surface area contributed by atoms with Crippen LogP contribution in [0.15, 0.2) is 54.2 Å². The van der Waals surface area contributed by atoms with Gasteiger partial charge in [-0.3, -0.25) is 4.79 Å². The smallest absolute Gasteiger partial charge is 0.267 e. The number of nitriles is 1. The van der Waals surface area contributed by atoms with E-state index in [-0.39, 0.29) is 5.57 Å². The number of benzene rings is 2. The molecular weight excluding hydrogens is 322 g/mol. The molecule has 0 saturated heterocycles. The fraction of sp³-hybridized carbons (Fsp3) is 0.273. The van der Waals surface area contributed by atoms with Gasteiger partial charge in [0.25, 0.3) is 5.91 Å². The van der Waals surface area contributed by atoms with Gasteiger partial charge in [0.05, 0.1) is 0 Å². The molecule has 0 heterocycles. The molecular formula is C22H25N3O. The average Bonchev–Trinajstić information content (AvgIpc) is 2.64. The third kappa shape index (κ3) is 4.52. The van der Waals surface area contributed by atoms with Crippen molar-refractivity contribution in [2.75, 3.05) is 10.6 Å². The Kier molecular flexibility index (Phi) is 6.57. The number of nitrogens with one attached hydrogen (secondary N) is 2. The molecule has 0 radical (unpaired) electrons. The molecule has 0 aliphatic carbocycles. The van der Waals surface area contributed by atoms with E-state index < -0.39 is 5.91 Å². The van der Waals surface area contributed by atoms with Crippen molar-refractivity contribution in [2.45, 2.75) is 40.0 Å². The molecule has 0 atom stereocenters. The quantitative estimate of drug-likeness (QED) is 0.562. The molecule has 2 N–H and O–H groups in total. The highest BCUT2D eigenvalue weighted by atomic mass is 16.1. The Morgan fingerprint density at radius 3 is 2.58 bits per heavy atom. The Hall–Kier alpha value is -3.06. The fourth-order valence-electron chi connectivity index (χ4n) is 2.81. The molecule has 0 saturated carbocycles. The first-order valence-electron chi connectivity index (χ1n) is 8.83. The van der Waals surface area contributed by atoms with Crippen molar-refractivity contribution in [1.82, 2.24) is 0 Å². The first-order valence-corrected chi connectivity index (χ1v) is 8.83. The van der Waals surface area contributed by atoms with Gasteiger partial charge >= 0.3 is 0 Å². The zero-order chi connectivity index (χ0) is 19.1. The van der Waals surface area contributed by atoms with Crippen molar-refractivity contribution in [1.29, 1.82) is 5.26 Å². The monoisotopic (exact) mass is 347 g/mol. The summed E-state index contributed by atoms with van der Waals surface area (Å²) in [6, 6.07) is 15.8. The minimum Gasteiger partial charge on any atom is -0.360 e. The van der Waals surface area contributed by atoms with E-state index in [0.29, 0.717) is 5.92 Å². The third-order valence-electron chi connectivity index (χ3n) is 4.30. The van der Waals surface area contributed by atoms with Gasteiger partial charge in [-0.2, -0.15) is 5.26 Å². The van der Waals surface area contributed by atoms with Gasteiger partial charge in [0.2, 0.25) is 0 Å². The Bertz CT molecular complexity index is 860. The summed E-state index contributed by atoms with van der Waals surface area (Å²) in [4.78, 5) is 12.6. The van der Waals surface area contributed by atoms with Gasteiger partial charge in [-0.25, -0.2) is 0 Å². The third-order valence-corrected chi connectivity index (χ3v) is 4.30. The summed E-state index contributed by atoms with van der Waals surface area (Å²) in [7, 11) is 0. The van der Waals surface area contributed by atoms with Crippen molar-refractivity contribution in [3.05, 3.63) is 70.9 Å². The summed E-state index contributed by atoms with van der Waals surface area (Å²) >= 11 is 0.